The molecule has 1 aromatic heterocycles. The van der Waals surface area contributed by atoms with Crippen LogP contribution >= 0.6 is 23.2 Å². The highest BCUT2D eigenvalue weighted by molar-refractivity contribution is 6.42. The zero-order valence-corrected chi connectivity index (χ0v) is 14.4. The molecule has 3 N–H and O–H groups in total. The third-order valence-corrected chi connectivity index (χ3v) is 4.06. The smallest absolute Gasteiger partial charge is 0.152 e. The Morgan fingerprint density at radius 2 is 1.96 bits per heavy atom. The number of nitrogens with zero attached hydrogens (tertiary/aromatic N) is 1. The quantitative estimate of drug-likeness (QED) is 0.579. The lowest BCUT2D eigenvalue weighted by molar-refractivity contribution is 0.474. The number of H-pyrrole nitrogens is 1. The van der Waals surface area contributed by atoms with Crippen LogP contribution in [-0.2, 0) is 6.54 Å². The van der Waals surface area contributed by atoms with Crippen molar-refractivity contribution in [1.82, 2.24) is 15.5 Å². The first-order valence-corrected chi connectivity index (χ1v) is 8.08. The van der Waals surface area contributed by atoms with Crippen LogP contribution in [0.15, 0.2) is 48.7 Å². The van der Waals surface area contributed by atoms with Gasteiger partial charge in [0.15, 0.2) is 5.82 Å². The second-order valence-corrected chi connectivity index (χ2v) is 5.93. The lowest BCUT2D eigenvalue weighted by Crippen LogP contribution is -2.07. The number of aromatic nitrogens is 2. The fraction of sp³-hybridized carbons (Fsp3) is 0.118. The standard InChI is InChI=1S/C17H16Cl2N4O/c1-20-10-11-8-12(22-17-6-7-21-23-17)2-5-16(11)24-13-3-4-14(18)15(19)9-13/h2-9,20H,10H2,1H3,(H2,21,22,23). The zero-order valence-electron chi connectivity index (χ0n) is 12.9. The average molecular weight is 363 g/mol. The Hall–Kier alpha value is -2.21. The largest absolute Gasteiger partial charge is 0.457 e. The summed E-state index contributed by atoms with van der Waals surface area (Å²) in [6.45, 7) is 0.659. The van der Waals surface area contributed by atoms with Crippen molar-refractivity contribution in [3.05, 3.63) is 64.3 Å². The van der Waals surface area contributed by atoms with E-state index in [1.54, 1.807) is 24.4 Å². The normalized spacial score (nSPS) is 10.6. The van der Waals surface area contributed by atoms with Gasteiger partial charge in [0.2, 0.25) is 0 Å². The van der Waals surface area contributed by atoms with Gasteiger partial charge in [-0.15, -0.1) is 0 Å². The maximum absolute atomic E-state index is 6.04. The summed E-state index contributed by atoms with van der Waals surface area (Å²) in [6, 6.07) is 12.9. The third-order valence-electron chi connectivity index (χ3n) is 3.32. The summed E-state index contributed by atoms with van der Waals surface area (Å²) in [6.07, 6.45) is 1.76. The van der Waals surface area contributed by atoms with Crippen LogP contribution in [0.1, 0.15) is 5.56 Å². The first kappa shape index (κ1) is 16.6. The van der Waals surface area contributed by atoms with Gasteiger partial charge in [0, 0.05) is 36.1 Å². The van der Waals surface area contributed by atoms with Gasteiger partial charge in [0.1, 0.15) is 11.5 Å². The summed E-state index contributed by atoms with van der Waals surface area (Å²) < 4.78 is 5.96. The SMILES string of the molecule is CNCc1cc(Nc2cc[nH]n2)ccc1Oc1ccc(Cl)c(Cl)c1. The molecule has 7 heteroatoms. The van der Waals surface area contributed by atoms with Gasteiger partial charge in [0.05, 0.1) is 10.0 Å². The minimum atomic E-state index is 0.459. The molecule has 0 aliphatic rings. The molecule has 24 heavy (non-hydrogen) atoms. The number of hydrogen-bond donors (Lipinski definition) is 3. The minimum Gasteiger partial charge on any atom is -0.457 e. The van der Waals surface area contributed by atoms with Gasteiger partial charge in [-0.1, -0.05) is 23.2 Å². The predicted octanol–water partition coefficient (Wildman–Crippen LogP) is 4.97. The Balaban J connectivity index is 1.84. The maximum atomic E-state index is 6.04. The Morgan fingerprint density at radius 1 is 1.08 bits per heavy atom. The van der Waals surface area contributed by atoms with E-state index in [0.29, 0.717) is 22.3 Å². The van der Waals surface area contributed by atoms with Crippen LogP contribution in [0, 0.1) is 0 Å². The predicted molar refractivity (Wildman–Crippen MR) is 97.6 cm³/mol. The summed E-state index contributed by atoms with van der Waals surface area (Å²) in [5.41, 5.74) is 1.93. The molecule has 0 atom stereocenters. The number of halogens is 2. The van der Waals surface area contributed by atoms with E-state index in [9.17, 15) is 0 Å². The van der Waals surface area contributed by atoms with Crippen LogP contribution in [0.3, 0.4) is 0 Å². The molecule has 0 saturated heterocycles. The lowest BCUT2D eigenvalue weighted by atomic mass is 10.1. The van der Waals surface area contributed by atoms with Crippen molar-refractivity contribution >= 4 is 34.7 Å². The van der Waals surface area contributed by atoms with Crippen molar-refractivity contribution < 1.29 is 4.74 Å². The van der Waals surface area contributed by atoms with E-state index in [1.807, 2.05) is 31.3 Å². The molecule has 5 nitrogen and oxygen atoms in total. The fourth-order valence-corrected chi connectivity index (χ4v) is 2.52. The first-order chi connectivity index (χ1) is 11.7. The Kier molecular flexibility index (Phi) is 5.25. The molecule has 0 radical (unpaired) electrons. The Labute approximate surface area is 149 Å². The number of ether oxygens (including phenoxy) is 1. The van der Waals surface area contributed by atoms with Crippen LogP contribution in [0.4, 0.5) is 11.5 Å². The molecule has 1 heterocycles. The van der Waals surface area contributed by atoms with Crippen LogP contribution in [0.25, 0.3) is 0 Å². The van der Waals surface area contributed by atoms with Gasteiger partial charge in [-0.05, 0) is 37.4 Å². The number of hydrogen-bond acceptors (Lipinski definition) is 4. The topological polar surface area (TPSA) is 62.0 Å². The molecule has 2 aromatic carbocycles. The summed E-state index contributed by atoms with van der Waals surface area (Å²) in [4.78, 5) is 0. The van der Waals surface area contributed by atoms with Crippen molar-refractivity contribution in [3.8, 4) is 11.5 Å². The molecule has 0 fully saturated rings. The Morgan fingerprint density at radius 3 is 2.67 bits per heavy atom. The van der Waals surface area contributed by atoms with E-state index >= 15 is 0 Å². The molecule has 0 bridgehead atoms. The van der Waals surface area contributed by atoms with Crippen LogP contribution in [0.5, 0.6) is 11.5 Å². The summed E-state index contributed by atoms with van der Waals surface area (Å²) in [5.74, 6) is 2.13. The molecule has 124 valence electrons. The summed E-state index contributed by atoms with van der Waals surface area (Å²) in [5, 5.41) is 14.2. The van der Waals surface area contributed by atoms with Gasteiger partial charge in [0.25, 0.3) is 0 Å². The van der Waals surface area contributed by atoms with Crippen molar-refractivity contribution in [3.63, 3.8) is 0 Å². The highest BCUT2D eigenvalue weighted by Gasteiger charge is 2.08. The van der Waals surface area contributed by atoms with E-state index in [-0.39, 0.29) is 0 Å². The maximum Gasteiger partial charge on any atom is 0.152 e. The van der Waals surface area contributed by atoms with E-state index in [1.165, 1.54) is 0 Å². The number of aromatic amines is 1. The molecular weight excluding hydrogens is 347 g/mol. The molecular formula is C17H16Cl2N4O. The first-order valence-electron chi connectivity index (χ1n) is 7.33. The van der Waals surface area contributed by atoms with Crippen molar-refractivity contribution in [2.75, 3.05) is 12.4 Å². The number of anilines is 2. The minimum absolute atomic E-state index is 0.459. The van der Waals surface area contributed by atoms with Gasteiger partial charge in [-0.2, -0.15) is 5.10 Å². The molecule has 0 unspecified atom stereocenters. The van der Waals surface area contributed by atoms with Crippen molar-refractivity contribution in [2.45, 2.75) is 6.54 Å². The lowest BCUT2D eigenvalue weighted by Gasteiger charge is -2.13. The van der Waals surface area contributed by atoms with Gasteiger partial charge in [-0.25, -0.2) is 0 Å². The summed E-state index contributed by atoms with van der Waals surface area (Å²) >= 11 is 12.0. The van der Waals surface area contributed by atoms with Gasteiger partial charge in [-0.3, -0.25) is 5.10 Å². The molecule has 3 rings (SSSR count). The van der Waals surface area contributed by atoms with Crippen LogP contribution < -0.4 is 15.4 Å². The van der Waals surface area contributed by atoms with E-state index in [4.69, 9.17) is 27.9 Å². The van der Waals surface area contributed by atoms with Crippen molar-refractivity contribution in [1.29, 1.82) is 0 Å². The number of benzene rings is 2. The second-order valence-electron chi connectivity index (χ2n) is 5.12. The van der Waals surface area contributed by atoms with Gasteiger partial charge < -0.3 is 15.4 Å². The fourth-order valence-electron chi connectivity index (χ4n) is 2.23. The van der Waals surface area contributed by atoms with Crippen LogP contribution in [-0.4, -0.2) is 17.2 Å². The molecule has 3 aromatic rings. The van der Waals surface area contributed by atoms with Crippen LogP contribution in [0.2, 0.25) is 10.0 Å². The molecule has 0 spiro atoms. The highest BCUT2D eigenvalue weighted by atomic mass is 35.5. The summed E-state index contributed by atoms with van der Waals surface area (Å²) in [7, 11) is 1.89. The molecule has 0 amide bonds. The molecule has 0 aliphatic heterocycles. The number of rotatable bonds is 6. The van der Waals surface area contributed by atoms with Gasteiger partial charge >= 0.3 is 0 Å². The van der Waals surface area contributed by atoms with Crippen molar-refractivity contribution in [2.24, 2.45) is 0 Å². The molecule has 0 saturated carbocycles. The second kappa shape index (κ2) is 7.57. The molecule has 0 aliphatic carbocycles. The van der Waals surface area contributed by atoms with E-state index in [0.717, 1.165) is 22.8 Å². The zero-order chi connectivity index (χ0) is 16.9. The van der Waals surface area contributed by atoms with E-state index < -0.39 is 0 Å². The highest BCUT2D eigenvalue weighted by Crippen LogP contribution is 2.32. The Bertz CT molecular complexity index is 821. The number of nitrogens with one attached hydrogen (secondary N) is 3. The third kappa shape index (κ3) is 4.00. The monoisotopic (exact) mass is 362 g/mol. The average Bonchev–Trinajstić information content (AvgIpc) is 3.07. The van der Waals surface area contributed by atoms with E-state index in [2.05, 4.69) is 20.8 Å².